The van der Waals surface area contributed by atoms with Crippen molar-refractivity contribution < 1.29 is 23.5 Å². The quantitative estimate of drug-likeness (QED) is 0.438. The number of para-hydroxylation sites is 1. The Morgan fingerprint density at radius 2 is 1.95 bits per heavy atom. The third-order valence-corrected chi connectivity index (χ3v) is 2.71. The molecular weight excluding hydrogens is 299 g/mol. The standard InChI is InChI=1S/C15H16ClFO4/c1-2-3-4-10-20-13(18)8-9-14(19)21-15-11(16)6-5-7-12(15)17/h3-7H,2,8-10H2,1H3/b4-3-. The van der Waals surface area contributed by atoms with Crippen LogP contribution in [0.5, 0.6) is 5.75 Å². The van der Waals surface area contributed by atoms with Crippen LogP contribution in [0.25, 0.3) is 0 Å². The zero-order chi connectivity index (χ0) is 15.7. The molecular formula is C15H16ClFO4. The van der Waals surface area contributed by atoms with Crippen molar-refractivity contribution in [3.63, 3.8) is 0 Å². The molecule has 0 spiro atoms. The lowest BCUT2D eigenvalue weighted by Crippen LogP contribution is -2.13. The van der Waals surface area contributed by atoms with Gasteiger partial charge >= 0.3 is 11.9 Å². The summed E-state index contributed by atoms with van der Waals surface area (Å²) >= 11 is 5.72. The first-order valence-corrected chi connectivity index (χ1v) is 6.87. The summed E-state index contributed by atoms with van der Waals surface area (Å²) in [6.45, 7) is 2.13. The van der Waals surface area contributed by atoms with Crippen molar-refractivity contribution in [2.75, 3.05) is 6.61 Å². The van der Waals surface area contributed by atoms with Gasteiger partial charge in [-0.25, -0.2) is 4.39 Å². The number of hydrogen-bond donors (Lipinski definition) is 0. The van der Waals surface area contributed by atoms with E-state index >= 15 is 0 Å². The Morgan fingerprint density at radius 3 is 2.62 bits per heavy atom. The van der Waals surface area contributed by atoms with Gasteiger partial charge in [0.25, 0.3) is 0 Å². The summed E-state index contributed by atoms with van der Waals surface area (Å²) < 4.78 is 23.0. The fourth-order valence-corrected chi connectivity index (χ4v) is 1.60. The van der Waals surface area contributed by atoms with Crippen LogP contribution in [0, 0.1) is 5.82 Å². The monoisotopic (exact) mass is 314 g/mol. The molecule has 0 bridgehead atoms. The smallest absolute Gasteiger partial charge is 0.311 e. The van der Waals surface area contributed by atoms with Gasteiger partial charge in [0, 0.05) is 0 Å². The van der Waals surface area contributed by atoms with Gasteiger partial charge in [-0.3, -0.25) is 9.59 Å². The number of benzene rings is 1. The molecule has 1 aromatic rings. The van der Waals surface area contributed by atoms with Crippen molar-refractivity contribution in [1.29, 1.82) is 0 Å². The largest absolute Gasteiger partial charge is 0.461 e. The summed E-state index contributed by atoms with van der Waals surface area (Å²) in [5, 5.41) is -0.00405. The normalized spacial score (nSPS) is 10.6. The Balaban J connectivity index is 2.37. The van der Waals surface area contributed by atoms with Crippen molar-refractivity contribution in [2.45, 2.75) is 26.2 Å². The summed E-state index contributed by atoms with van der Waals surface area (Å²) in [5.74, 6) is -2.33. The Hall–Kier alpha value is -1.88. The molecule has 4 nitrogen and oxygen atoms in total. The van der Waals surface area contributed by atoms with Crippen molar-refractivity contribution in [2.24, 2.45) is 0 Å². The van der Waals surface area contributed by atoms with Crippen molar-refractivity contribution in [1.82, 2.24) is 0 Å². The number of halogens is 2. The van der Waals surface area contributed by atoms with Crippen molar-refractivity contribution in [3.8, 4) is 5.75 Å². The molecule has 0 aliphatic carbocycles. The van der Waals surface area contributed by atoms with Gasteiger partial charge in [0.05, 0.1) is 17.9 Å². The fourth-order valence-electron chi connectivity index (χ4n) is 1.40. The maximum absolute atomic E-state index is 13.4. The highest BCUT2D eigenvalue weighted by Gasteiger charge is 2.14. The predicted octanol–water partition coefficient (Wildman–Crippen LogP) is 3.67. The number of ether oxygens (including phenoxy) is 2. The Morgan fingerprint density at radius 1 is 1.24 bits per heavy atom. The van der Waals surface area contributed by atoms with Crippen molar-refractivity contribution in [3.05, 3.63) is 41.2 Å². The molecule has 0 unspecified atom stereocenters. The van der Waals surface area contributed by atoms with E-state index in [4.69, 9.17) is 21.1 Å². The van der Waals surface area contributed by atoms with E-state index in [-0.39, 0.29) is 30.2 Å². The molecule has 0 aliphatic rings. The lowest BCUT2D eigenvalue weighted by molar-refractivity contribution is -0.146. The number of allylic oxidation sites excluding steroid dienone is 1. The van der Waals surface area contributed by atoms with E-state index in [0.29, 0.717) is 0 Å². The minimum absolute atomic E-state index is 0.00405. The minimum Gasteiger partial charge on any atom is -0.461 e. The predicted molar refractivity (Wildman–Crippen MR) is 76.7 cm³/mol. The molecule has 0 radical (unpaired) electrons. The molecule has 21 heavy (non-hydrogen) atoms. The van der Waals surface area contributed by atoms with Crippen LogP contribution in [-0.2, 0) is 14.3 Å². The maximum atomic E-state index is 13.4. The van der Waals surface area contributed by atoms with E-state index in [9.17, 15) is 14.0 Å². The van der Waals surface area contributed by atoms with Crippen LogP contribution in [0.2, 0.25) is 5.02 Å². The molecule has 0 aliphatic heterocycles. The molecule has 0 saturated heterocycles. The van der Waals surface area contributed by atoms with Gasteiger partial charge in [-0.2, -0.15) is 0 Å². The van der Waals surface area contributed by atoms with Gasteiger partial charge in [-0.1, -0.05) is 36.7 Å². The van der Waals surface area contributed by atoms with E-state index in [0.717, 1.165) is 12.5 Å². The first kappa shape index (κ1) is 17.2. The molecule has 1 aromatic carbocycles. The number of esters is 2. The molecule has 114 valence electrons. The molecule has 0 amide bonds. The van der Waals surface area contributed by atoms with Gasteiger partial charge in [0.1, 0.15) is 6.61 Å². The number of carbonyl (C=O) groups excluding carboxylic acids is 2. The molecule has 1 rings (SSSR count). The Kier molecular flexibility index (Phi) is 7.46. The topological polar surface area (TPSA) is 52.6 Å². The molecule has 6 heteroatoms. The maximum Gasteiger partial charge on any atom is 0.311 e. The summed E-state index contributed by atoms with van der Waals surface area (Å²) in [7, 11) is 0. The Labute approximate surface area is 127 Å². The van der Waals surface area contributed by atoms with Gasteiger partial charge < -0.3 is 9.47 Å². The van der Waals surface area contributed by atoms with Crippen LogP contribution < -0.4 is 4.74 Å². The Bertz CT molecular complexity index is 508. The second-order valence-corrected chi connectivity index (χ2v) is 4.49. The highest BCUT2D eigenvalue weighted by atomic mass is 35.5. The van der Waals surface area contributed by atoms with E-state index in [2.05, 4.69) is 0 Å². The van der Waals surface area contributed by atoms with Gasteiger partial charge in [0.2, 0.25) is 0 Å². The molecule has 0 aromatic heterocycles. The molecule has 0 fully saturated rings. The van der Waals surface area contributed by atoms with E-state index < -0.39 is 17.8 Å². The summed E-state index contributed by atoms with van der Waals surface area (Å²) in [6.07, 6.45) is 4.09. The lowest BCUT2D eigenvalue weighted by Gasteiger charge is -2.07. The van der Waals surface area contributed by atoms with Crippen LogP contribution in [0.15, 0.2) is 30.4 Å². The molecule has 0 heterocycles. The summed E-state index contributed by atoms with van der Waals surface area (Å²) in [6, 6.07) is 3.93. The van der Waals surface area contributed by atoms with Crippen LogP contribution in [0.3, 0.4) is 0 Å². The SMILES string of the molecule is CC/C=C\COC(=O)CCC(=O)Oc1c(F)cccc1Cl. The minimum atomic E-state index is -0.747. The first-order valence-electron chi connectivity index (χ1n) is 6.50. The van der Waals surface area contributed by atoms with E-state index in [1.807, 2.05) is 13.0 Å². The first-order chi connectivity index (χ1) is 10.0. The zero-order valence-electron chi connectivity index (χ0n) is 11.6. The van der Waals surface area contributed by atoms with Gasteiger partial charge in [-0.05, 0) is 18.6 Å². The molecule has 0 saturated carbocycles. The molecule has 0 atom stereocenters. The van der Waals surface area contributed by atoms with Crippen LogP contribution >= 0.6 is 11.6 Å². The zero-order valence-corrected chi connectivity index (χ0v) is 12.4. The summed E-state index contributed by atoms with van der Waals surface area (Å²) in [4.78, 5) is 22.9. The lowest BCUT2D eigenvalue weighted by atomic mass is 10.3. The second kappa shape index (κ2) is 9.13. The third-order valence-electron chi connectivity index (χ3n) is 2.41. The second-order valence-electron chi connectivity index (χ2n) is 4.09. The van der Waals surface area contributed by atoms with Gasteiger partial charge in [-0.15, -0.1) is 0 Å². The number of hydrogen-bond acceptors (Lipinski definition) is 4. The van der Waals surface area contributed by atoms with Crippen LogP contribution in [0.4, 0.5) is 4.39 Å². The molecule has 0 N–H and O–H groups in total. The fraction of sp³-hybridized carbons (Fsp3) is 0.333. The average molecular weight is 315 g/mol. The van der Waals surface area contributed by atoms with E-state index in [1.165, 1.54) is 12.1 Å². The van der Waals surface area contributed by atoms with Gasteiger partial charge in [0.15, 0.2) is 11.6 Å². The van der Waals surface area contributed by atoms with E-state index in [1.54, 1.807) is 6.08 Å². The van der Waals surface area contributed by atoms with Crippen LogP contribution in [-0.4, -0.2) is 18.5 Å². The van der Waals surface area contributed by atoms with Crippen molar-refractivity contribution >= 4 is 23.5 Å². The van der Waals surface area contributed by atoms with Crippen LogP contribution in [0.1, 0.15) is 26.2 Å². The average Bonchev–Trinajstić information content (AvgIpc) is 2.45. The highest BCUT2D eigenvalue weighted by Crippen LogP contribution is 2.27. The number of carbonyl (C=O) groups is 2. The number of rotatable bonds is 7. The third kappa shape index (κ3) is 6.40. The summed E-state index contributed by atoms with van der Waals surface area (Å²) in [5.41, 5.74) is 0. The highest BCUT2D eigenvalue weighted by molar-refractivity contribution is 6.32.